The Morgan fingerprint density at radius 1 is 1.37 bits per heavy atom. The monoisotopic (exact) mass is 263 g/mol. The van der Waals surface area contributed by atoms with Crippen molar-refractivity contribution in [3.63, 3.8) is 0 Å². The van der Waals surface area contributed by atoms with Crippen LogP contribution < -0.4 is 0 Å². The zero-order chi connectivity index (χ0) is 14.3. The van der Waals surface area contributed by atoms with Crippen LogP contribution in [0.1, 0.15) is 32.8 Å². The molecule has 1 aromatic carbocycles. The van der Waals surface area contributed by atoms with Gasteiger partial charge in [0.05, 0.1) is 5.71 Å². The van der Waals surface area contributed by atoms with Crippen molar-refractivity contribution in [1.82, 2.24) is 0 Å². The largest absolute Gasteiger partial charge is 0.479 e. The molecule has 19 heavy (non-hydrogen) atoms. The van der Waals surface area contributed by atoms with Gasteiger partial charge in [0.2, 0.25) is 6.61 Å². The Hall–Kier alpha value is -1.84. The van der Waals surface area contributed by atoms with Crippen LogP contribution in [-0.4, -0.2) is 23.4 Å². The predicted octanol–water partition coefficient (Wildman–Crippen LogP) is 3.12. The van der Waals surface area contributed by atoms with Crippen LogP contribution in [0.2, 0.25) is 0 Å². The van der Waals surface area contributed by atoms with Crippen molar-refractivity contribution in [2.24, 2.45) is 10.6 Å². The second-order valence-electron chi connectivity index (χ2n) is 4.92. The minimum atomic E-state index is -1.02. The second kappa shape index (κ2) is 6.92. The van der Waals surface area contributed by atoms with Gasteiger partial charge in [0.1, 0.15) is 0 Å². The van der Waals surface area contributed by atoms with Crippen LogP contribution in [-0.2, 0) is 16.1 Å². The van der Waals surface area contributed by atoms with Crippen LogP contribution in [0.4, 0.5) is 0 Å². The van der Waals surface area contributed by atoms with E-state index in [1.165, 1.54) is 5.56 Å². The number of nitrogens with zero attached hydrogens (tertiary/aromatic N) is 1. The Balaban J connectivity index is 2.75. The van der Waals surface area contributed by atoms with Crippen LogP contribution >= 0.6 is 0 Å². The number of rotatable bonds is 7. The first-order valence-electron chi connectivity index (χ1n) is 6.40. The lowest BCUT2D eigenvalue weighted by atomic mass is 9.77. The topological polar surface area (TPSA) is 58.9 Å². The van der Waals surface area contributed by atoms with E-state index in [1.807, 2.05) is 25.1 Å². The van der Waals surface area contributed by atoms with Crippen molar-refractivity contribution >= 4 is 11.7 Å². The van der Waals surface area contributed by atoms with Gasteiger partial charge in [0.15, 0.2) is 0 Å². The number of hydrogen-bond donors (Lipinski definition) is 1. The van der Waals surface area contributed by atoms with Gasteiger partial charge in [0.25, 0.3) is 0 Å². The molecule has 0 aliphatic rings. The number of carboxylic acid groups (broad SMARTS) is 1. The van der Waals surface area contributed by atoms with Gasteiger partial charge in [-0.2, -0.15) is 0 Å². The van der Waals surface area contributed by atoms with E-state index in [0.717, 1.165) is 18.6 Å². The fourth-order valence-electron chi connectivity index (χ4n) is 1.85. The molecule has 1 unspecified atom stereocenters. The molecule has 0 saturated heterocycles. The summed E-state index contributed by atoms with van der Waals surface area (Å²) in [7, 11) is 0. The molecule has 0 fully saturated rings. The molecule has 0 heterocycles. The quantitative estimate of drug-likeness (QED) is 0.607. The van der Waals surface area contributed by atoms with Gasteiger partial charge >= 0.3 is 5.97 Å². The lowest BCUT2D eigenvalue weighted by Gasteiger charge is -2.27. The number of benzene rings is 1. The maximum atomic E-state index is 10.4. The van der Waals surface area contributed by atoms with Crippen LogP contribution in [0.25, 0.3) is 0 Å². The molecule has 0 spiro atoms. The van der Waals surface area contributed by atoms with Gasteiger partial charge in [-0.3, -0.25) is 0 Å². The van der Waals surface area contributed by atoms with E-state index < -0.39 is 12.6 Å². The number of hydrogen-bond acceptors (Lipinski definition) is 3. The molecular formula is C15H21NO3. The molecule has 1 aromatic rings. The third-order valence-electron chi connectivity index (χ3n) is 3.48. The zero-order valence-corrected chi connectivity index (χ0v) is 11.7. The average molecular weight is 263 g/mol. The van der Waals surface area contributed by atoms with E-state index in [0.29, 0.717) is 0 Å². The number of aliphatic carboxylic acids is 1. The average Bonchev–Trinajstić information content (AvgIpc) is 2.39. The summed E-state index contributed by atoms with van der Waals surface area (Å²) >= 11 is 0. The molecule has 0 amide bonds. The summed E-state index contributed by atoms with van der Waals surface area (Å²) in [5, 5.41) is 12.5. The molecule has 1 rings (SSSR count). The molecule has 1 atom stereocenters. The minimum absolute atomic E-state index is 0.125. The number of carbonyl (C=O) groups is 1. The highest BCUT2D eigenvalue weighted by Crippen LogP contribution is 2.28. The van der Waals surface area contributed by atoms with Crippen molar-refractivity contribution in [3.8, 4) is 0 Å². The maximum Gasteiger partial charge on any atom is 0.344 e. The Labute approximate surface area is 114 Å². The summed E-state index contributed by atoms with van der Waals surface area (Å²) in [6, 6.07) is 10.2. The van der Waals surface area contributed by atoms with Crippen LogP contribution in [0.15, 0.2) is 35.5 Å². The van der Waals surface area contributed by atoms with Crippen molar-refractivity contribution in [2.45, 2.75) is 33.6 Å². The van der Waals surface area contributed by atoms with E-state index in [4.69, 9.17) is 9.94 Å². The van der Waals surface area contributed by atoms with E-state index >= 15 is 0 Å². The fraction of sp³-hybridized carbons (Fsp3) is 0.467. The van der Waals surface area contributed by atoms with Crippen LogP contribution in [0, 0.1) is 5.41 Å². The highest BCUT2D eigenvalue weighted by molar-refractivity contribution is 5.87. The molecule has 4 nitrogen and oxygen atoms in total. The lowest BCUT2D eigenvalue weighted by molar-refractivity contribution is -0.142. The third kappa shape index (κ3) is 4.73. The van der Waals surface area contributed by atoms with Crippen molar-refractivity contribution < 1.29 is 14.7 Å². The third-order valence-corrected chi connectivity index (χ3v) is 3.48. The lowest BCUT2D eigenvalue weighted by Crippen LogP contribution is -2.28. The first-order chi connectivity index (χ1) is 8.98. The predicted molar refractivity (Wildman–Crippen MR) is 75.2 cm³/mol. The van der Waals surface area contributed by atoms with Crippen molar-refractivity contribution in [3.05, 3.63) is 35.9 Å². The van der Waals surface area contributed by atoms with E-state index in [9.17, 15) is 4.79 Å². The van der Waals surface area contributed by atoms with Gasteiger partial charge in [0, 0.05) is 5.41 Å². The minimum Gasteiger partial charge on any atom is -0.479 e. The van der Waals surface area contributed by atoms with Gasteiger partial charge in [-0.15, -0.1) is 0 Å². The number of carboxylic acids is 1. The maximum absolute atomic E-state index is 10.4. The highest BCUT2D eigenvalue weighted by atomic mass is 16.6. The first kappa shape index (κ1) is 15.2. The number of oxime groups is 1. The summed E-state index contributed by atoms with van der Waals surface area (Å²) in [4.78, 5) is 15.2. The molecule has 0 bridgehead atoms. The summed E-state index contributed by atoms with van der Waals surface area (Å²) < 4.78 is 0. The fourth-order valence-corrected chi connectivity index (χ4v) is 1.85. The zero-order valence-electron chi connectivity index (χ0n) is 11.7. The molecule has 0 aliphatic carbocycles. The van der Waals surface area contributed by atoms with Gasteiger partial charge in [-0.05, 0) is 25.3 Å². The standard InChI is InChI=1S/C15H21NO3/c1-4-15(3,10-13-8-6-5-7-9-13)12(2)16-19-11-14(17)18/h5-9H,4,10-11H2,1-3H3,(H,17,18)/b16-12+. The first-order valence-corrected chi connectivity index (χ1v) is 6.40. The molecule has 104 valence electrons. The Morgan fingerprint density at radius 3 is 2.53 bits per heavy atom. The molecule has 0 radical (unpaired) electrons. The van der Waals surface area contributed by atoms with Crippen LogP contribution in [0.5, 0.6) is 0 Å². The van der Waals surface area contributed by atoms with Gasteiger partial charge < -0.3 is 9.94 Å². The summed E-state index contributed by atoms with van der Waals surface area (Å²) in [6.45, 7) is 5.69. The van der Waals surface area contributed by atoms with Crippen molar-refractivity contribution in [1.29, 1.82) is 0 Å². The Morgan fingerprint density at radius 2 is 2.00 bits per heavy atom. The normalized spacial score (nSPS) is 14.8. The smallest absolute Gasteiger partial charge is 0.344 e. The molecule has 0 aliphatic heterocycles. The summed E-state index contributed by atoms with van der Waals surface area (Å²) in [6.07, 6.45) is 1.77. The molecule has 4 heteroatoms. The van der Waals surface area contributed by atoms with E-state index in [-0.39, 0.29) is 5.41 Å². The van der Waals surface area contributed by atoms with E-state index in [1.54, 1.807) is 0 Å². The SMILES string of the molecule is CCC(C)(Cc1ccccc1)/C(C)=N/OCC(=O)O. The van der Waals surface area contributed by atoms with Gasteiger partial charge in [-0.1, -0.05) is 49.3 Å². The molecule has 0 aromatic heterocycles. The molecule has 0 saturated carbocycles. The van der Waals surface area contributed by atoms with Crippen LogP contribution in [0.3, 0.4) is 0 Å². The molecular weight excluding hydrogens is 242 g/mol. The summed E-state index contributed by atoms with van der Waals surface area (Å²) in [5.41, 5.74) is 1.93. The Bertz CT molecular complexity index is 442. The molecule has 1 N–H and O–H groups in total. The van der Waals surface area contributed by atoms with Gasteiger partial charge in [-0.25, -0.2) is 4.79 Å². The highest BCUT2D eigenvalue weighted by Gasteiger charge is 2.26. The second-order valence-corrected chi connectivity index (χ2v) is 4.92. The van der Waals surface area contributed by atoms with Crippen molar-refractivity contribution in [2.75, 3.05) is 6.61 Å². The Kier molecular flexibility index (Phi) is 5.55. The summed E-state index contributed by atoms with van der Waals surface area (Å²) in [5.74, 6) is -1.02. The van der Waals surface area contributed by atoms with E-state index in [2.05, 4.69) is 31.1 Å².